The van der Waals surface area contributed by atoms with Crippen LogP contribution in [0.25, 0.3) is 10.9 Å². The van der Waals surface area contributed by atoms with Crippen molar-refractivity contribution in [3.8, 4) is 5.75 Å². The van der Waals surface area contributed by atoms with Gasteiger partial charge in [-0.25, -0.2) is 14.2 Å². The number of hydrogen-bond acceptors (Lipinski definition) is 5. The predicted octanol–water partition coefficient (Wildman–Crippen LogP) is 5.45. The zero-order valence-corrected chi connectivity index (χ0v) is 22.0. The summed E-state index contributed by atoms with van der Waals surface area (Å²) in [6, 6.07) is 8.22. The summed E-state index contributed by atoms with van der Waals surface area (Å²) in [5, 5.41) is 11.6. The van der Waals surface area contributed by atoms with E-state index in [0.29, 0.717) is 32.2 Å². The first-order valence-corrected chi connectivity index (χ1v) is 14.0. The van der Waals surface area contributed by atoms with Gasteiger partial charge in [0.2, 0.25) is 0 Å². The molecule has 1 atom stereocenters. The van der Waals surface area contributed by atoms with E-state index in [-0.39, 0.29) is 36.4 Å². The minimum absolute atomic E-state index is 0.0220. The number of phenols is 1. The topological polar surface area (TPSA) is 86.4 Å². The summed E-state index contributed by atoms with van der Waals surface area (Å²) in [7, 11) is -1.50. The fourth-order valence-corrected chi connectivity index (χ4v) is 6.31. The van der Waals surface area contributed by atoms with Gasteiger partial charge in [0.05, 0.1) is 46.5 Å². The van der Waals surface area contributed by atoms with Crippen LogP contribution >= 0.6 is 15.9 Å². The summed E-state index contributed by atoms with van der Waals surface area (Å²) in [5.74, 6) is -0.841. The first-order chi connectivity index (χ1) is 17.4. The van der Waals surface area contributed by atoms with E-state index in [1.54, 1.807) is 54.5 Å². The number of halogens is 2. The van der Waals surface area contributed by atoms with E-state index in [0.717, 1.165) is 18.4 Å². The monoisotopic (exact) mass is 573 g/mol. The largest absolute Gasteiger partial charge is 0.506 e. The molecule has 0 saturated heterocycles. The maximum absolute atomic E-state index is 14.2. The second-order valence-corrected chi connectivity index (χ2v) is 11.1. The number of esters is 1. The second kappa shape index (κ2) is 10.2. The highest BCUT2D eigenvalue weighted by Gasteiger charge is 2.35. The molecule has 0 spiro atoms. The normalized spacial score (nSPS) is 14.3. The van der Waals surface area contributed by atoms with Crippen LogP contribution in [-0.4, -0.2) is 36.0 Å². The lowest BCUT2D eigenvalue weighted by molar-refractivity contribution is 0.0527. The lowest BCUT2D eigenvalue weighted by Gasteiger charge is -2.12. The van der Waals surface area contributed by atoms with Gasteiger partial charge >= 0.3 is 5.97 Å². The van der Waals surface area contributed by atoms with Crippen molar-refractivity contribution in [1.82, 2.24) is 14.1 Å². The van der Waals surface area contributed by atoms with Crippen LogP contribution in [-0.2, 0) is 33.6 Å². The summed E-state index contributed by atoms with van der Waals surface area (Å²) in [5.41, 5.74) is 2.56. The first-order valence-electron chi connectivity index (χ1n) is 11.7. The summed E-state index contributed by atoms with van der Waals surface area (Å²) in [6.45, 7) is 2.18. The van der Waals surface area contributed by atoms with Gasteiger partial charge in [0.25, 0.3) is 0 Å². The van der Waals surface area contributed by atoms with Crippen LogP contribution in [0, 0.1) is 5.82 Å². The standard InChI is InChI=1S/C26H25BrFN3O4S/c1-2-35-26(33)24-22(14-36(34)13-16-5-3-4-6-20(16)28)31(17-7-8-17)21-11-19(27)25(32)18(23(21)24)12-30-10-9-29-15-30/h3-6,9-11,15,17,32H,2,7-8,12-14H2,1H3. The summed E-state index contributed by atoms with van der Waals surface area (Å²) < 4.78 is 37.4. The number of phenolic OH excluding ortho intramolecular Hbond substituents is 1. The van der Waals surface area contributed by atoms with E-state index >= 15 is 0 Å². The van der Waals surface area contributed by atoms with Gasteiger partial charge in [-0.15, -0.1) is 0 Å². The van der Waals surface area contributed by atoms with Crippen LogP contribution in [0.4, 0.5) is 4.39 Å². The first kappa shape index (κ1) is 24.7. The number of hydrogen-bond donors (Lipinski definition) is 1. The quantitative estimate of drug-likeness (QED) is 0.269. The maximum Gasteiger partial charge on any atom is 0.340 e. The highest BCUT2D eigenvalue weighted by Crippen LogP contribution is 2.46. The Bertz CT molecular complexity index is 1460. The van der Waals surface area contributed by atoms with E-state index in [1.807, 2.05) is 0 Å². The van der Waals surface area contributed by atoms with Crippen molar-refractivity contribution in [2.45, 2.75) is 43.9 Å². The van der Waals surface area contributed by atoms with Crippen molar-refractivity contribution in [3.63, 3.8) is 0 Å². The Morgan fingerprint density at radius 3 is 2.75 bits per heavy atom. The van der Waals surface area contributed by atoms with Gasteiger partial charge in [-0.05, 0) is 47.8 Å². The number of aromatic hydroxyl groups is 1. The molecular weight excluding hydrogens is 549 g/mol. The zero-order chi connectivity index (χ0) is 25.4. The Hall–Kier alpha value is -2.98. The van der Waals surface area contributed by atoms with Gasteiger partial charge in [0.1, 0.15) is 11.6 Å². The molecule has 36 heavy (non-hydrogen) atoms. The number of aromatic nitrogens is 3. The third-order valence-electron chi connectivity index (χ3n) is 6.29. The van der Waals surface area contributed by atoms with Crippen LogP contribution in [0.5, 0.6) is 5.75 Å². The maximum atomic E-state index is 14.2. The molecule has 10 heteroatoms. The third kappa shape index (κ3) is 4.71. The molecule has 0 amide bonds. The van der Waals surface area contributed by atoms with Crippen molar-refractivity contribution in [1.29, 1.82) is 0 Å². The van der Waals surface area contributed by atoms with Crippen molar-refractivity contribution in [2.75, 3.05) is 6.61 Å². The van der Waals surface area contributed by atoms with Gasteiger partial charge < -0.3 is 19.0 Å². The molecule has 0 radical (unpaired) electrons. The molecule has 5 rings (SSSR count). The molecule has 2 aromatic heterocycles. The molecule has 1 fully saturated rings. The molecule has 1 aliphatic rings. The van der Waals surface area contributed by atoms with Gasteiger partial charge in [-0.3, -0.25) is 4.21 Å². The molecule has 1 N–H and O–H groups in total. The van der Waals surface area contributed by atoms with Crippen LogP contribution in [0.1, 0.15) is 53.0 Å². The molecule has 2 heterocycles. The molecule has 1 aliphatic carbocycles. The molecule has 188 valence electrons. The Labute approximate surface area is 218 Å². The second-order valence-electron chi connectivity index (χ2n) is 8.78. The Morgan fingerprint density at radius 2 is 2.08 bits per heavy atom. The Kier molecular flexibility index (Phi) is 6.98. The van der Waals surface area contributed by atoms with Crippen molar-refractivity contribution in [3.05, 3.63) is 81.7 Å². The van der Waals surface area contributed by atoms with Crippen LogP contribution in [0.3, 0.4) is 0 Å². The van der Waals surface area contributed by atoms with Crippen molar-refractivity contribution >= 4 is 43.6 Å². The molecule has 7 nitrogen and oxygen atoms in total. The zero-order valence-electron chi connectivity index (χ0n) is 19.6. The van der Waals surface area contributed by atoms with Gasteiger partial charge in [0.15, 0.2) is 0 Å². The van der Waals surface area contributed by atoms with Crippen LogP contribution in [0.2, 0.25) is 0 Å². The van der Waals surface area contributed by atoms with E-state index in [2.05, 4.69) is 25.5 Å². The Balaban J connectivity index is 1.69. The van der Waals surface area contributed by atoms with E-state index in [4.69, 9.17) is 4.74 Å². The summed E-state index contributed by atoms with van der Waals surface area (Å²) >= 11 is 3.47. The summed E-state index contributed by atoms with van der Waals surface area (Å²) in [6.07, 6.45) is 6.91. The fourth-order valence-electron chi connectivity index (χ4n) is 4.58. The van der Waals surface area contributed by atoms with Gasteiger partial charge in [0, 0.05) is 51.4 Å². The molecule has 0 aliphatic heterocycles. The highest BCUT2D eigenvalue weighted by molar-refractivity contribution is 9.10. The van der Waals surface area contributed by atoms with E-state index in [9.17, 15) is 18.5 Å². The van der Waals surface area contributed by atoms with Crippen LogP contribution in [0.15, 0.2) is 53.5 Å². The number of carbonyl (C=O) groups excluding carboxylic acids is 1. The van der Waals surface area contributed by atoms with Gasteiger partial charge in [-0.1, -0.05) is 18.2 Å². The lowest BCUT2D eigenvalue weighted by Crippen LogP contribution is -2.13. The smallest absolute Gasteiger partial charge is 0.340 e. The number of nitrogens with zero attached hydrogens (tertiary/aromatic N) is 3. The Morgan fingerprint density at radius 1 is 1.31 bits per heavy atom. The number of imidazole rings is 1. The van der Waals surface area contributed by atoms with Crippen LogP contribution < -0.4 is 0 Å². The number of ether oxygens (including phenoxy) is 1. The molecule has 1 unspecified atom stereocenters. The average molecular weight is 574 g/mol. The molecule has 4 aromatic rings. The number of benzene rings is 2. The van der Waals surface area contributed by atoms with E-state index in [1.165, 1.54) is 6.07 Å². The van der Waals surface area contributed by atoms with Gasteiger partial charge in [-0.2, -0.15) is 0 Å². The lowest BCUT2D eigenvalue weighted by atomic mass is 10.0. The number of fused-ring (bicyclic) bond motifs is 1. The minimum Gasteiger partial charge on any atom is -0.506 e. The predicted molar refractivity (Wildman–Crippen MR) is 139 cm³/mol. The average Bonchev–Trinajstić information content (AvgIpc) is 3.45. The number of carbonyl (C=O) groups is 1. The third-order valence-corrected chi connectivity index (χ3v) is 8.12. The van der Waals surface area contributed by atoms with E-state index < -0.39 is 22.6 Å². The molecule has 2 aromatic carbocycles. The minimum atomic E-state index is -1.50. The van der Waals surface area contributed by atoms with Crippen molar-refractivity contribution in [2.24, 2.45) is 0 Å². The highest BCUT2D eigenvalue weighted by atomic mass is 79.9. The number of rotatable bonds is 9. The summed E-state index contributed by atoms with van der Waals surface area (Å²) in [4.78, 5) is 17.5. The molecule has 1 saturated carbocycles. The SMILES string of the molecule is CCOC(=O)c1c(CS(=O)Cc2ccccc2F)n(C2CC2)c2cc(Br)c(O)c(Cn3ccnc3)c12. The van der Waals surface area contributed by atoms with Crippen molar-refractivity contribution < 1.29 is 23.2 Å². The molecular formula is C26H25BrFN3O4S. The molecule has 0 bridgehead atoms. The fraction of sp³-hybridized carbons (Fsp3) is 0.308.